The van der Waals surface area contributed by atoms with Crippen LogP contribution in [0.25, 0.3) is 0 Å². The summed E-state index contributed by atoms with van der Waals surface area (Å²) < 4.78 is 1.53. The number of anilines is 1. The Bertz CT molecular complexity index is 439. The highest BCUT2D eigenvalue weighted by Gasteiger charge is 2.12. The fourth-order valence-corrected chi connectivity index (χ4v) is 1.21. The van der Waals surface area contributed by atoms with Gasteiger partial charge in [0.1, 0.15) is 6.04 Å². The first-order valence-electron chi connectivity index (χ1n) is 5.06. The molecule has 3 N–H and O–H groups in total. The SMILES string of the molecule is CC(Nc1nccn(C(C)C)c1=O)C(N)=O. The zero-order valence-corrected chi connectivity index (χ0v) is 9.60. The molecule has 0 aliphatic carbocycles. The fraction of sp³-hybridized carbons (Fsp3) is 0.500. The van der Waals surface area contributed by atoms with Crippen molar-refractivity contribution in [3.8, 4) is 0 Å². The Hall–Kier alpha value is -1.85. The summed E-state index contributed by atoms with van der Waals surface area (Å²) in [7, 11) is 0. The second kappa shape index (κ2) is 4.78. The van der Waals surface area contributed by atoms with Crippen molar-refractivity contribution in [2.24, 2.45) is 5.73 Å². The van der Waals surface area contributed by atoms with Crippen LogP contribution in [-0.4, -0.2) is 21.5 Å². The summed E-state index contributed by atoms with van der Waals surface area (Å²) in [6.07, 6.45) is 3.12. The number of aromatic nitrogens is 2. The van der Waals surface area contributed by atoms with E-state index in [0.717, 1.165) is 0 Å². The van der Waals surface area contributed by atoms with Crippen molar-refractivity contribution in [3.63, 3.8) is 0 Å². The first kappa shape index (κ1) is 12.2. The summed E-state index contributed by atoms with van der Waals surface area (Å²) in [5, 5.41) is 2.69. The molecular weight excluding hydrogens is 208 g/mol. The van der Waals surface area contributed by atoms with Gasteiger partial charge in [0.15, 0.2) is 5.82 Å². The van der Waals surface area contributed by atoms with E-state index in [1.54, 1.807) is 13.1 Å². The third-order valence-electron chi connectivity index (χ3n) is 2.20. The Kier molecular flexibility index (Phi) is 3.65. The predicted molar refractivity (Wildman–Crippen MR) is 61.2 cm³/mol. The minimum absolute atomic E-state index is 0.0416. The van der Waals surface area contributed by atoms with Gasteiger partial charge in [-0.1, -0.05) is 0 Å². The van der Waals surface area contributed by atoms with Crippen molar-refractivity contribution in [1.82, 2.24) is 9.55 Å². The van der Waals surface area contributed by atoms with Crippen molar-refractivity contribution in [1.29, 1.82) is 0 Å². The molecule has 1 heterocycles. The Morgan fingerprint density at radius 1 is 1.50 bits per heavy atom. The maximum Gasteiger partial charge on any atom is 0.293 e. The summed E-state index contributed by atoms with van der Waals surface area (Å²) in [4.78, 5) is 26.6. The first-order chi connectivity index (χ1) is 7.43. The maximum absolute atomic E-state index is 11.9. The van der Waals surface area contributed by atoms with Crippen LogP contribution in [0.15, 0.2) is 17.2 Å². The lowest BCUT2D eigenvalue weighted by Gasteiger charge is -2.13. The van der Waals surface area contributed by atoms with Gasteiger partial charge in [0.2, 0.25) is 5.91 Å². The molecule has 1 rings (SSSR count). The van der Waals surface area contributed by atoms with Gasteiger partial charge in [0.05, 0.1) is 0 Å². The molecule has 0 aliphatic heterocycles. The number of hydrogen-bond acceptors (Lipinski definition) is 4. The van der Waals surface area contributed by atoms with Gasteiger partial charge >= 0.3 is 0 Å². The Balaban J connectivity index is 3.03. The lowest BCUT2D eigenvalue weighted by Crippen LogP contribution is -2.36. The van der Waals surface area contributed by atoms with E-state index in [2.05, 4.69) is 10.3 Å². The molecule has 0 saturated carbocycles. The van der Waals surface area contributed by atoms with E-state index in [1.165, 1.54) is 10.8 Å². The van der Waals surface area contributed by atoms with Gasteiger partial charge in [0.25, 0.3) is 5.56 Å². The topological polar surface area (TPSA) is 90.0 Å². The number of nitrogens with one attached hydrogen (secondary N) is 1. The molecule has 0 fully saturated rings. The Morgan fingerprint density at radius 3 is 2.62 bits per heavy atom. The van der Waals surface area contributed by atoms with Crippen LogP contribution < -0.4 is 16.6 Å². The van der Waals surface area contributed by atoms with E-state index in [0.29, 0.717) is 0 Å². The van der Waals surface area contributed by atoms with E-state index in [9.17, 15) is 9.59 Å². The van der Waals surface area contributed by atoms with Crippen LogP contribution in [0.5, 0.6) is 0 Å². The lowest BCUT2D eigenvalue weighted by atomic mass is 10.3. The molecule has 0 saturated heterocycles. The number of nitrogens with zero attached hydrogens (tertiary/aromatic N) is 2. The van der Waals surface area contributed by atoms with E-state index in [4.69, 9.17) is 5.73 Å². The lowest BCUT2D eigenvalue weighted by molar-refractivity contribution is -0.118. The average molecular weight is 224 g/mol. The Labute approximate surface area is 93.5 Å². The van der Waals surface area contributed by atoms with Gasteiger partial charge in [-0.05, 0) is 20.8 Å². The van der Waals surface area contributed by atoms with Crippen LogP contribution in [-0.2, 0) is 4.79 Å². The molecule has 0 radical (unpaired) electrons. The van der Waals surface area contributed by atoms with Crippen molar-refractivity contribution >= 4 is 11.7 Å². The number of rotatable bonds is 4. The molecule has 1 aromatic rings. The fourth-order valence-electron chi connectivity index (χ4n) is 1.21. The molecule has 6 nitrogen and oxygen atoms in total. The van der Waals surface area contributed by atoms with Crippen LogP contribution in [0.2, 0.25) is 0 Å². The molecule has 0 aliphatic rings. The highest BCUT2D eigenvalue weighted by Crippen LogP contribution is 2.02. The summed E-state index contributed by atoms with van der Waals surface area (Å²) in [5.41, 5.74) is 4.83. The molecule has 1 unspecified atom stereocenters. The molecule has 0 spiro atoms. The smallest absolute Gasteiger partial charge is 0.293 e. The van der Waals surface area contributed by atoms with Crippen molar-refractivity contribution in [3.05, 3.63) is 22.7 Å². The van der Waals surface area contributed by atoms with Gasteiger partial charge in [-0.2, -0.15) is 0 Å². The van der Waals surface area contributed by atoms with Gasteiger partial charge in [-0.15, -0.1) is 0 Å². The number of carbonyl (C=O) groups is 1. The van der Waals surface area contributed by atoms with E-state index < -0.39 is 11.9 Å². The highest BCUT2D eigenvalue weighted by atomic mass is 16.1. The normalized spacial score (nSPS) is 12.5. The monoisotopic (exact) mass is 224 g/mol. The summed E-state index contributed by atoms with van der Waals surface area (Å²) in [6, 6.07) is -0.580. The van der Waals surface area contributed by atoms with Crippen molar-refractivity contribution < 1.29 is 4.79 Å². The van der Waals surface area contributed by atoms with Gasteiger partial charge < -0.3 is 15.6 Å². The van der Waals surface area contributed by atoms with E-state index in [-0.39, 0.29) is 17.4 Å². The van der Waals surface area contributed by atoms with Crippen LogP contribution in [0, 0.1) is 0 Å². The van der Waals surface area contributed by atoms with Gasteiger partial charge in [-0.3, -0.25) is 9.59 Å². The molecule has 0 aromatic carbocycles. The average Bonchev–Trinajstić information content (AvgIpc) is 2.20. The summed E-state index contributed by atoms with van der Waals surface area (Å²) in [5.74, 6) is -0.386. The molecule has 16 heavy (non-hydrogen) atoms. The zero-order chi connectivity index (χ0) is 12.3. The highest BCUT2D eigenvalue weighted by molar-refractivity contribution is 5.82. The van der Waals surface area contributed by atoms with Crippen LogP contribution in [0.3, 0.4) is 0 Å². The quantitative estimate of drug-likeness (QED) is 0.759. The van der Waals surface area contributed by atoms with Crippen LogP contribution in [0.4, 0.5) is 5.82 Å². The molecular formula is C10H16N4O2. The number of carbonyl (C=O) groups excluding carboxylic acids is 1. The minimum Gasteiger partial charge on any atom is -0.368 e. The molecule has 6 heteroatoms. The second-order valence-corrected chi connectivity index (χ2v) is 3.85. The van der Waals surface area contributed by atoms with Gasteiger partial charge in [-0.25, -0.2) is 4.98 Å². The summed E-state index contributed by atoms with van der Waals surface area (Å²) in [6.45, 7) is 5.36. The van der Waals surface area contributed by atoms with E-state index >= 15 is 0 Å². The third-order valence-corrected chi connectivity index (χ3v) is 2.20. The largest absolute Gasteiger partial charge is 0.368 e. The van der Waals surface area contributed by atoms with Crippen molar-refractivity contribution in [2.75, 3.05) is 5.32 Å². The molecule has 1 aromatic heterocycles. The van der Waals surface area contributed by atoms with Crippen LogP contribution in [0.1, 0.15) is 26.8 Å². The third kappa shape index (κ3) is 2.59. The Morgan fingerprint density at radius 2 is 2.12 bits per heavy atom. The van der Waals surface area contributed by atoms with E-state index in [1.807, 2.05) is 13.8 Å². The first-order valence-corrected chi connectivity index (χ1v) is 5.06. The van der Waals surface area contributed by atoms with Crippen LogP contribution >= 0.6 is 0 Å². The molecule has 0 bridgehead atoms. The van der Waals surface area contributed by atoms with Crippen molar-refractivity contribution in [2.45, 2.75) is 32.9 Å². The standard InChI is InChI=1S/C10H16N4O2/c1-6(2)14-5-4-12-9(10(14)16)13-7(3)8(11)15/h4-7H,1-3H3,(H2,11,15)(H,12,13). The number of primary amides is 1. The summed E-state index contributed by atoms with van der Waals surface area (Å²) >= 11 is 0. The molecule has 88 valence electrons. The minimum atomic E-state index is -0.622. The number of hydrogen-bond donors (Lipinski definition) is 2. The number of nitrogens with two attached hydrogens (primary N) is 1. The number of amides is 1. The maximum atomic E-state index is 11.9. The second-order valence-electron chi connectivity index (χ2n) is 3.85. The zero-order valence-electron chi connectivity index (χ0n) is 9.60. The van der Waals surface area contributed by atoms with Gasteiger partial charge in [0, 0.05) is 18.4 Å². The molecule has 1 atom stereocenters. The molecule has 1 amide bonds. The predicted octanol–water partition coefficient (Wildman–Crippen LogP) is 0.110.